The standard InChI is InChI=1S/C25H32F3N7O5/c1-14(13-40-24(3,4)38)12-39-19-7-9-29-22(32-19)33-23(37)35-16-8-10-34(11-16)18-6-5-17(31-20(18)35)21(36)30-15(2)25(26,27)28/h5-7,9,14-16,38H,8,10-13H2,1-4H3,(H,30,36)(H,29,32,33,37)/t14-,15+,16-/m0/s1. The molecule has 3 N–H and O–H groups in total. The number of alkyl halides is 3. The van der Waals surface area contributed by atoms with Gasteiger partial charge in [-0.05, 0) is 39.3 Å². The second-order valence-corrected chi connectivity index (χ2v) is 10.4. The molecule has 2 aliphatic rings. The molecule has 2 aromatic rings. The van der Waals surface area contributed by atoms with E-state index in [4.69, 9.17) is 9.47 Å². The van der Waals surface area contributed by atoms with E-state index in [2.05, 4.69) is 20.3 Å². The smallest absolute Gasteiger partial charge is 0.408 e. The number of anilines is 3. The monoisotopic (exact) mass is 567 g/mol. The number of fused-ring (bicyclic) bond motifs is 4. The minimum atomic E-state index is -4.61. The number of nitrogens with one attached hydrogen (secondary N) is 2. The van der Waals surface area contributed by atoms with Crippen LogP contribution >= 0.6 is 0 Å². The highest BCUT2D eigenvalue weighted by Gasteiger charge is 2.41. The van der Waals surface area contributed by atoms with Crippen LogP contribution in [0.25, 0.3) is 0 Å². The van der Waals surface area contributed by atoms with Gasteiger partial charge in [0.1, 0.15) is 11.7 Å². The van der Waals surface area contributed by atoms with Crippen molar-refractivity contribution in [2.24, 2.45) is 5.92 Å². The minimum absolute atomic E-state index is 0.0298. The number of hydrogen-bond acceptors (Lipinski definition) is 9. The Morgan fingerprint density at radius 2 is 1.93 bits per heavy atom. The first kappa shape index (κ1) is 29.3. The molecule has 12 nitrogen and oxygen atoms in total. The molecule has 40 heavy (non-hydrogen) atoms. The van der Waals surface area contributed by atoms with Crippen molar-refractivity contribution in [1.29, 1.82) is 0 Å². The molecule has 15 heteroatoms. The van der Waals surface area contributed by atoms with Gasteiger partial charge < -0.3 is 24.8 Å². The molecule has 0 spiro atoms. The lowest BCUT2D eigenvalue weighted by Crippen LogP contribution is -2.49. The van der Waals surface area contributed by atoms with E-state index >= 15 is 0 Å². The van der Waals surface area contributed by atoms with E-state index in [0.717, 1.165) is 6.92 Å². The van der Waals surface area contributed by atoms with Crippen LogP contribution in [0.5, 0.6) is 5.88 Å². The number of rotatable bonds is 9. The molecule has 0 aliphatic carbocycles. The predicted octanol–water partition coefficient (Wildman–Crippen LogP) is 2.94. The summed E-state index contributed by atoms with van der Waals surface area (Å²) < 4.78 is 49.8. The maximum Gasteiger partial charge on any atom is 0.408 e. The fourth-order valence-corrected chi connectivity index (χ4v) is 4.21. The number of ether oxygens (including phenoxy) is 2. The minimum Gasteiger partial charge on any atom is -0.477 e. The number of hydrogen-bond donors (Lipinski definition) is 3. The first-order valence-corrected chi connectivity index (χ1v) is 12.8. The fraction of sp³-hybridized carbons (Fsp3) is 0.560. The molecule has 0 saturated carbocycles. The van der Waals surface area contributed by atoms with Gasteiger partial charge in [0.2, 0.25) is 11.8 Å². The van der Waals surface area contributed by atoms with Crippen molar-refractivity contribution in [2.75, 3.05) is 41.4 Å². The van der Waals surface area contributed by atoms with Crippen LogP contribution < -0.4 is 25.2 Å². The molecule has 218 valence electrons. The van der Waals surface area contributed by atoms with Crippen LogP contribution in [0.15, 0.2) is 24.4 Å². The van der Waals surface area contributed by atoms with Gasteiger partial charge in [-0.2, -0.15) is 18.2 Å². The largest absolute Gasteiger partial charge is 0.477 e. The zero-order valence-corrected chi connectivity index (χ0v) is 22.5. The number of nitrogens with zero attached hydrogens (tertiary/aromatic N) is 5. The zero-order chi connectivity index (χ0) is 29.2. The van der Waals surface area contributed by atoms with Gasteiger partial charge in [-0.25, -0.2) is 14.8 Å². The molecule has 2 aliphatic heterocycles. The van der Waals surface area contributed by atoms with Gasteiger partial charge in [0.25, 0.3) is 5.91 Å². The number of carbonyl (C=O) groups is 2. The van der Waals surface area contributed by atoms with Crippen molar-refractivity contribution in [1.82, 2.24) is 20.3 Å². The third kappa shape index (κ3) is 7.07. The van der Waals surface area contributed by atoms with E-state index in [1.54, 1.807) is 6.07 Å². The van der Waals surface area contributed by atoms with Gasteiger partial charge in [0, 0.05) is 31.3 Å². The Morgan fingerprint density at radius 3 is 2.62 bits per heavy atom. The Labute approximate surface area is 228 Å². The fourth-order valence-electron chi connectivity index (χ4n) is 4.21. The van der Waals surface area contributed by atoms with Crippen molar-refractivity contribution in [3.05, 3.63) is 30.1 Å². The van der Waals surface area contributed by atoms with E-state index in [1.807, 2.05) is 17.1 Å². The highest BCUT2D eigenvalue weighted by Crippen LogP contribution is 2.39. The maximum atomic E-state index is 13.4. The number of amides is 3. The molecule has 4 heterocycles. The Kier molecular flexibility index (Phi) is 8.35. The average Bonchev–Trinajstić information content (AvgIpc) is 3.29. The van der Waals surface area contributed by atoms with Gasteiger partial charge in [-0.1, -0.05) is 6.92 Å². The summed E-state index contributed by atoms with van der Waals surface area (Å²) in [6.07, 6.45) is -2.56. The van der Waals surface area contributed by atoms with Crippen molar-refractivity contribution in [3.63, 3.8) is 0 Å². The quantitative estimate of drug-likeness (QED) is 0.390. The van der Waals surface area contributed by atoms with E-state index in [0.29, 0.717) is 25.2 Å². The van der Waals surface area contributed by atoms with Gasteiger partial charge in [0.05, 0.1) is 24.9 Å². The lowest BCUT2D eigenvalue weighted by molar-refractivity contribution is -0.183. The summed E-state index contributed by atoms with van der Waals surface area (Å²) in [5.41, 5.74) is 0.342. The van der Waals surface area contributed by atoms with Crippen molar-refractivity contribution < 1.29 is 37.3 Å². The number of aliphatic hydroxyl groups is 1. The summed E-state index contributed by atoms with van der Waals surface area (Å²) in [6, 6.07) is 1.49. The Morgan fingerprint density at radius 1 is 1.18 bits per heavy atom. The van der Waals surface area contributed by atoms with Crippen LogP contribution in [0.4, 0.5) is 35.4 Å². The normalized spacial score (nSPS) is 18.1. The molecule has 1 saturated heterocycles. The van der Waals surface area contributed by atoms with Crippen LogP contribution in [-0.2, 0) is 4.74 Å². The molecule has 0 aromatic carbocycles. The predicted molar refractivity (Wildman–Crippen MR) is 138 cm³/mol. The SMILES string of the molecule is C[C@@H](COc1ccnc(NC(=O)N2c3nc(C(=O)N[C@H](C)C(F)(F)F)ccc3N3CC[C@H]2C3)n1)COC(C)(C)O. The summed E-state index contributed by atoms with van der Waals surface area (Å²) in [5, 5.41) is 14.2. The topological polar surface area (TPSA) is 142 Å². The maximum absolute atomic E-state index is 13.4. The highest BCUT2D eigenvalue weighted by molar-refractivity contribution is 6.04. The molecule has 2 bridgehead atoms. The van der Waals surface area contributed by atoms with Gasteiger partial charge in [0.15, 0.2) is 11.6 Å². The molecular formula is C25H32F3N7O5. The van der Waals surface area contributed by atoms with E-state index in [-0.39, 0.29) is 48.5 Å². The molecule has 1 fully saturated rings. The van der Waals surface area contributed by atoms with Crippen LogP contribution in [0.3, 0.4) is 0 Å². The summed E-state index contributed by atoms with van der Waals surface area (Å²) in [6.45, 7) is 7.45. The first-order valence-electron chi connectivity index (χ1n) is 12.8. The van der Waals surface area contributed by atoms with Crippen LogP contribution in [0.2, 0.25) is 0 Å². The highest BCUT2D eigenvalue weighted by atomic mass is 19.4. The summed E-state index contributed by atoms with van der Waals surface area (Å²) in [7, 11) is 0. The van der Waals surface area contributed by atoms with Crippen molar-refractivity contribution >= 4 is 29.4 Å². The summed E-state index contributed by atoms with van der Waals surface area (Å²) in [5.74, 6) is -1.99. The van der Waals surface area contributed by atoms with Gasteiger partial charge in [-0.3, -0.25) is 15.0 Å². The van der Waals surface area contributed by atoms with E-state index in [1.165, 1.54) is 37.1 Å². The second kappa shape index (κ2) is 11.4. The Balaban J connectivity index is 1.47. The molecule has 2 aromatic heterocycles. The van der Waals surface area contributed by atoms with Crippen molar-refractivity contribution in [2.45, 2.75) is 58.2 Å². The number of pyridine rings is 1. The van der Waals surface area contributed by atoms with Crippen LogP contribution in [0, 0.1) is 5.92 Å². The van der Waals surface area contributed by atoms with Crippen LogP contribution in [0.1, 0.15) is 44.6 Å². The lowest BCUT2D eigenvalue weighted by atomic mass is 10.1. The number of carbonyl (C=O) groups excluding carboxylic acids is 2. The van der Waals surface area contributed by atoms with E-state index in [9.17, 15) is 27.9 Å². The van der Waals surface area contributed by atoms with Crippen molar-refractivity contribution in [3.8, 4) is 5.88 Å². The zero-order valence-electron chi connectivity index (χ0n) is 22.5. The third-order valence-corrected chi connectivity index (χ3v) is 6.33. The summed E-state index contributed by atoms with van der Waals surface area (Å²) >= 11 is 0. The molecular weight excluding hydrogens is 535 g/mol. The molecule has 0 radical (unpaired) electrons. The average molecular weight is 568 g/mol. The second-order valence-electron chi connectivity index (χ2n) is 10.4. The third-order valence-electron chi connectivity index (χ3n) is 6.33. The Bertz CT molecular complexity index is 1240. The molecule has 0 unspecified atom stereocenters. The molecule has 3 amide bonds. The Hall–Kier alpha value is -3.72. The van der Waals surface area contributed by atoms with Crippen LogP contribution in [-0.4, -0.2) is 82.3 Å². The number of urea groups is 1. The van der Waals surface area contributed by atoms with Gasteiger partial charge >= 0.3 is 12.2 Å². The molecule has 3 atom stereocenters. The molecule has 4 rings (SSSR count). The summed E-state index contributed by atoms with van der Waals surface area (Å²) in [4.78, 5) is 41.9. The first-order chi connectivity index (χ1) is 18.7. The number of halogens is 3. The lowest BCUT2D eigenvalue weighted by Gasteiger charge is -2.35. The van der Waals surface area contributed by atoms with Gasteiger partial charge in [-0.15, -0.1) is 0 Å². The number of aromatic nitrogens is 3. The van der Waals surface area contributed by atoms with E-state index < -0.39 is 29.9 Å².